The number of aryl methyl sites for hydroxylation is 1. The molecule has 0 aromatic heterocycles. The van der Waals surface area contributed by atoms with Gasteiger partial charge in [-0.3, -0.25) is 4.79 Å². The lowest BCUT2D eigenvalue weighted by Crippen LogP contribution is -2.50. The van der Waals surface area contributed by atoms with Crippen LogP contribution in [-0.4, -0.2) is 56.3 Å². The maximum Gasteiger partial charge on any atom is 0.244 e. The minimum atomic E-state index is -3.76. The Morgan fingerprint density at radius 2 is 1.83 bits per heavy atom. The Bertz CT molecular complexity index is 1020. The zero-order valence-corrected chi connectivity index (χ0v) is 17.1. The fourth-order valence-electron chi connectivity index (χ4n) is 3.22. The van der Waals surface area contributed by atoms with Gasteiger partial charge in [-0.1, -0.05) is 24.3 Å². The molecule has 0 saturated carbocycles. The average Bonchev–Trinajstić information content (AvgIpc) is 2.73. The predicted molar refractivity (Wildman–Crippen MR) is 108 cm³/mol. The molecule has 152 valence electrons. The first-order valence-electron chi connectivity index (χ1n) is 9.38. The van der Waals surface area contributed by atoms with Crippen LogP contribution in [0.1, 0.15) is 17.5 Å². The monoisotopic (exact) mass is 413 g/mol. The Morgan fingerprint density at radius 1 is 1.10 bits per heavy atom. The summed E-state index contributed by atoms with van der Waals surface area (Å²) in [6.07, 6.45) is 0.234. The average molecular weight is 413 g/mol. The molecule has 3 rings (SSSR count). The third-order valence-electron chi connectivity index (χ3n) is 4.79. The summed E-state index contributed by atoms with van der Waals surface area (Å²) in [5.74, 6) is 0.664. The molecule has 0 N–H and O–H groups in total. The molecule has 0 radical (unpaired) electrons. The molecule has 0 bridgehead atoms. The van der Waals surface area contributed by atoms with E-state index in [4.69, 9.17) is 4.74 Å². The van der Waals surface area contributed by atoms with E-state index in [1.165, 1.54) is 16.4 Å². The summed E-state index contributed by atoms with van der Waals surface area (Å²) in [7, 11) is -3.76. The van der Waals surface area contributed by atoms with E-state index < -0.39 is 10.0 Å². The summed E-state index contributed by atoms with van der Waals surface area (Å²) in [5.41, 5.74) is 1.21. The van der Waals surface area contributed by atoms with Gasteiger partial charge in [-0.15, -0.1) is 0 Å². The lowest BCUT2D eigenvalue weighted by Gasteiger charge is -2.34. The molecule has 2 aromatic rings. The highest BCUT2D eigenvalue weighted by atomic mass is 32.2. The summed E-state index contributed by atoms with van der Waals surface area (Å²) in [4.78, 5) is 14.1. The highest BCUT2D eigenvalue weighted by Gasteiger charge is 2.31. The fourth-order valence-corrected chi connectivity index (χ4v) is 4.78. The van der Waals surface area contributed by atoms with Gasteiger partial charge >= 0.3 is 0 Å². The van der Waals surface area contributed by atoms with Gasteiger partial charge in [-0.05, 0) is 36.8 Å². The number of rotatable bonds is 6. The van der Waals surface area contributed by atoms with Crippen LogP contribution < -0.4 is 4.74 Å². The van der Waals surface area contributed by atoms with Crippen molar-refractivity contribution in [3.63, 3.8) is 0 Å². The zero-order valence-electron chi connectivity index (χ0n) is 16.2. The smallest absolute Gasteiger partial charge is 0.244 e. The molecule has 0 atom stereocenters. The number of benzene rings is 2. The highest BCUT2D eigenvalue weighted by molar-refractivity contribution is 7.89. The normalized spacial score (nSPS) is 15.0. The third kappa shape index (κ3) is 4.94. The minimum absolute atomic E-state index is 0.00818. The van der Waals surface area contributed by atoms with Crippen molar-refractivity contribution in [2.45, 2.75) is 18.2 Å². The second-order valence-electron chi connectivity index (χ2n) is 6.81. The zero-order chi connectivity index (χ0) is 20.9. The number of hydrogen-bond donors (Lipinski definition) is 0. The lowest BCUT2D eigenvalue weighted by molar-refractivity contribution is -0.132. The molecule has 0 unspecified atom stereocenters. The Kier molecular flexibility index (Phi) is 6.52. The Labute approximate surface area is 171 Å². The number of amides is 1. The van der Waals surface area contributed by atoms with Crippen molar-refractivity contribution < 1.29 is 17.9 Å². The largest absolute Gasteiger partial charge is 0.493 e. The first kappa shape index (κ1) is 20.8. The molecule has 0 aliphatic carbocycles. The summed E-state index contributed by atoms with van der Waals surface area (Å²) >= 11 is 0. The van der Waals surface area contributed by atoms with E-state index in [1.807, 2.05) is 37.3 Å². The molecular formula is C21H23N3O4S. The van der Waals surface area contributed by atoms with Crippen LogP contribution in [0.15, 0.2) is 53.4 Å². The molecule has 1 amide bonds. The number of sulfonamides is 1. The van der Waals surface area contributed by atoms with Crippen molar-refractivity contribution in [2.75, 3.05) is 32.8 Å². The molecule has 29 heavy (non-hydrogen) atoms. The number of carbonyl (C=O) groups excluding carboxylic acids is 1. The minimum Gasteiger partial charge on any atom is -0.493 e. The second-order valence-corrected chi connectivity index (χ2v) is 8.71. The molecule has 1 aliphatic rings. The molecule has 1 aliphatic heterocycles. The quantitative estimate of drug-likeness (QED) is 0.724. The van der Waals surface area contributed by atoms with E-state index in [1.54, 1.807) is 17.0 Å². The van der Waals surface area contributed by atoms with E-state index >= 15 is 0 Å². The number of nitriles is 1. The highest BCUT2D eigenvalue weighted by Crippen LogP contribution is 2.21. The van der Waals surface area contributed by atoms with Crippen LogP contribution in [0.25, 0.3) is 0 Å². The second kappa shape index (κ2) is 9.07. The molecule has 1 heterocycles. The van der Waals surface area contributed by atoms with E-state index in [9.17, 15) is 18.5 Å². The summed E-state index contributed by atoms with van der Waals surface area (Å²) in [5, 5.41) is 9.18. The number of ether oxygens (including phenoxy) is 1. The van der Waals surface area contributed by atoms with Crippen LogP contribution in [0.5, 0.6) is 5.75 Å². The van der Waals surface area contributed by atoms with E-state index in [2.05, 4.69) is 0 Å². The lowest BCUT2D eigenvalue weighted by atomic mass is 10.2. The van der Waals surface area contributed by atoms with Crippen LogP contribution in [0.3, 0.4) is 0 Å². The molecular weight excluding hydrogens is 390 g/mol. The Hall–Kier alpha value is -2.89. The van der Waals surface area contributed by atoms with Gasteiger partial charge in [-0.25, -0.2) is 8.42 Å². The van der Waals surface area contributed by atoms with E-state index in [-0.39, 0.29) is 42.5 Å². The van der Waals surface area contributed by atoms with Gasteiger partial charge in [0.1, 0.15) is 11.8 Å². The van der Waals surface area contributed by atoms with Crippen molar-refractivity contribution in [1.82, 2.24) is 9.21 Å². The summed E-state index contributed by atoms with van der Waals surface area (Å²) in [6, 6.07) is 15.7. The summed E-state index contributed by atoms with van der Waals surface area (Å²) in [6.45, 7) is 3.28. The first-order chi connectivity index (χ1) is 13.9. The third-order valence-corrected chi connectivity index (χ3v) is 6.75. The van der Waals surface area contributed by atoms with Crippen molar-refractivity contribution in [3.8, 4) is 11.8 Å². The van der Waals surface area contributed by atoms with Crippen LogP contribution >= 0.6 is 0 Å². The van der Waals surface area contributed by atoms with Crippen LogP contribution in [0, 0.1) is 18.3 Å². The molecule has 2 aromatic carbocycles. The van der Waals surface area contributed by atoms with Crippen molar-refractivity contribution in [2.24, 2.45) is 0 Å². The van der Waals surface area contributed by atoms with Gasteiger partial charge in [0.2, 0.25) is 15.9 Å². The number of carbonyl (C=O) groups is 1. The van der Waals surface area contributed by atoms with Gasteiger partial charge in [-0.2, -0.15) is 9.57 Å². The van der Waals surface area contributed by atoms with Gasteiger partial charge in [0.25, 0.3) is 0 Å². The SMILES string of the molecule is Cc1cccc(OCCC(=O)N2CCN(S(=O)(=O)c3ccccc3C#N)CC2)c1. The molecule has 1 fully saturated rings. The Morgan fingerprint density at radius 3 is 2.52 bits per heavy atom. The van der Waals surface area contributed by atoms with E-state index in [0.29, 0.717) is 13.1 Å². The number of nitrogens with zero attached hydrogens (tertiary/aromatic N) is 3. The van der Waals surface area contributed by atoms with Crippen molar-refractivity contribution >= 4 is 15.9 Å². The number of piperazine rings is 1. The maximum absolute atomic E-state index is 12.9. The molecule has 1 saturated heterocycles. The van der Waals surface area contributed by atoms with E-state index in [0.717, 1.165) is 11.3 Å². The standard InChI is InChI=1S/C21H23N3O4S/c1-17-5-4-7-19(15-17)28-14-9-21(25)23-10-12-24(13-11-23)29(26,27)20-8-3-2-6-18(20)16-22/h2-8,15H,9-14H2,1H3. The topological polar surface area (TPSA) is 90.7 Å². The predicted octanol–water partition coefficient (Wildman–Crippen LogP) is 2.17. The van der Waals surface area contributed by atoms with Crippen molar-refractivity contribution in [1.29, 1.82) is 5.26 Å². The summed E-state index contributed by atoms with van der Waals surface area (Å²) < 4.78 is 32.7. The van der Waals surface area contributed by atoms with Crippen LogP contribution in [0.4, 0.5) is 0 Å². The maximum atomic E-state index is 12.9. The molecule has 0 spiro atoms. The molecule has 8 heteroatoms. The van der Waals surface area contributed by atoms with Gasteiger partial charge < -0.3 is 9.64 Å². The van der Waals surface area contributed by atoms with Gasteiger partial charge in [0.15, 0.2) is 0 Å². The van der Waals surface area contributed by atoms with Crippen LogP contribution in [-0.2, 0) is 14.8 Å². The number of hydrogen-bond acceptors (Lipinski definition) is 5. The van der Waals surface area contributed by atoms with Crippen LogP contribution in [0.2, 0.25) is 0 Å². The molecule has 7 nitrogen and oxygen atoms in total. The van der Waals surface area contributed by atoms with Crippen molar-refractivity contribution in [3.05, 3.63) is 59.7 Å². The Balaban J connectivity index is 1.53. The van der Waals surface area contributed by atoms with Gasteiger partial charge in [0, 0.05) is 26.2 Å². The first-order valence-corrected chi connectivity index (χ1v) is 10.8. The fraction of sp³-hybridized carbons (Fsp3) is 0.333. The van der Waals surface area contributed by atoms with Gasteiger partial charge in [0.05, 0.1) is 23.5 Å².